The van der Waals surface area contributed by atoms with Gasteiger partial charge in [-0.25, -0.2) is 13.1 Å². The van der Waals surface area contributed by atoms with Gasteiger partial charge in [-0.05, 0) is 49.4 Å². The summed E-state index contributed by atoms with van der Waals surface area (Å²) >= 11 is 5.79. The predicted octanol–water partition coefficient (Wildman–Crippen LogP) is 2.68. The molecule has 0 saturated heterocycles. The first kappa shape index (κ1) is 19.8. The van der Waals surface area contributed by atoms with Crippen LogP contribution in [0.5, 0.6) is 0 Å². The Labute approximate surface area is 166 Å². The molecule has 3 rings (SSSR count). The molecule has 0 spiro atoms. The van der Waals surface area contributed by atoms with Gasteiger partial charge < -0.3 is 5.32 Å². The Hall–Kier alpha value is -2.97. The average Bonchev–Trinajstić information content (AvgIpc) is 2.65. The maximum Gasteiger partial charge on any atom is 0.267 e. The van der Waals surface area contributed by atoms with Gasteiger partial charge in [0.1, 0.15) is 6.54 Å². The topological polar surface area (TPSA) is 98.1 Å². The lowest BCUT2D eigenvalue weighted by molar-refractivity contribution is -0.117. The molecule has 0 radical (unpaired) electrons. The number of halogens is 1. The summed E-state index contributed by atoms with van der Waals surface area (Å²) in [6, 6.07) is 14.9. The van der Waals surface area contributed by atoms with Crippen molar-refractivity contribution in [1.82, 2.24) is 9.78 Å². The van der Waals surface area contributed by atoms with Crippen LogP contribution < -0.4 is 10.9 Å². The summed E-state index contributed by atoms with van der Waals surface area (Å²) in [5.41, 5.74) is 0.816. The SMILES string of the molecule is Cc1ccc(S(=O)(=O)c2ccc(=O)n(CC(=O)Nc3ccc(Cl)cc3)n2)cc1. The number of sulfone groups is 1. The van der Waals surface area contributed by atoms with E-state index >= 15 is 0 Å². The van der Waals surface area contributed by atoms with E-state index in [1.54, 1.807) is 36.4 Å². The molecule has 0 aliphatic rings. The molecule has 3 aromatic rings. The van der Waals surface area contributed by atoms with E-state index in [1.807, 2.05) is 6.92 Å². The van der Waals surface area contributed by atoms with Crippen molar-refractivity contribution in [2.24, 2.45) is 0 Å². The molecule has 2 aromatic carbocycles. The van der Waals surface area contributed by atoms with Crippen LogP contribution in [0.4, 0.5) is 5.69 Å². The lowest BCUT2D eigenvalue weighted by Gasteiger charge is -2.09. The molecule has 144 valence electrons. The molecule has 7 nitrogen and oxygen atoms in total. The second-order valence-electron chi connectivity index (χ2n) is 6.04. The Morgan fingerprint density at radius 3 is 2.32 bits per heavy atom. The molecule has 0 aliphatic heterocycles. The van der Waals surface area contributed by atoms with Crippen LogP contribution in [0.3, 0.4) is 0 Å². The van der Waals surface area contributed by atoms with E-state index in [-0.39, 0.29) is 9.92 Å². The quantitative estimate of drug-likeness (QED) is 0.688. The summed E-state index contributed by atoms with van der Waals surface area (Å²) in [7, 11) is -3.91. The number of nitrogens with one attached hydrogen (secondary N) is 1. The first-order chi connectivity index (χ1) is 13.3. The van der Waals surface area contributed by atoms with Gasteiger partial charge in [-0.15, -0.1) is 0 Å². The largest absolute Gasteiger partial charge is 0.324 e. The minimum atomic E-state index is -3.91. The zero-order valence-electron chi connectivity index (χ0n) is 14.8. The van der Waals surface area contributed by atoms with Crippen molar-refractivity contribution in [3.05, 3.63) is 81.6 Å². The molecule has 1 N–H and O–H groups in total. The molecule has 0 aliphatic carbocycles. The first-order valence-electron chi connectivity index (χ1n) is 8.21. The standard InChI is InChI=1S/C19H16ClN3O4S/c1-13-2-8-16(9-3-13)28(26,27)18-10-11-19(25)23(22-18)12-17(24)21-15-6-4-14(20)5-7-15/h2-11H,12H2,1H3,(H,21,24). The van der Waals surface area contributed by atoms with Crippen LogP contribution >= 0.6 is 11.6 Å². The average molecular weight is 418 g/mol. The van der Waals surface area contributed by atoms with Gasteiger partial charge >= 0.3 is 0 Å². The molecule has 9 heteroatoms. The third kappa shape index (κ3) is 4.47. The number of carbonyl (C=O) groups excluding carboxylic acids is 1. The number of carbonyl (C=O) groups is 1. The number of anilines is 1. The molecule has 0 atom stereocenters. The number of rotatable bonds is 5. The molecule has 0 bridgehead atoms. The lowest BCUT2D eigenvalue weighted by atomic mass is 10.2. The van der Waals surface area contributed by atoms with Gasteiger partial charge in [0.2, 0.25) is 15.7 Å². The van der Waals surface area contributed by atoms with Crippen molar-refractivity contribution in [3.63, 3.8) is 0 Å². The maximum atomic E-state index is 12.7. The van der Waals surface area contributed by atoms with Crippen molar-refractivity contribution in [2.75, 3.05) is 5.32 Å². The van der Waals surface area contributed by atoms with E-state index in [1.165, 1.54) is 12.1 Å². The normalized spacial score (nSPS) is 11.2. The number of amides is 1. The predicted molar refractivity (Wildman–Crippen MR) is 105 cm³/mol. The smallest absolute Gasteiger partial charge is 0.267 e. The molecule has 1 amide bonds. The Morgan fingerprint density at radius 2 is 1.68 bits per heavy atom. The van der Waals surface area contributed by atoms with Crippen LogP contribution in [0.2, 0.25) is 5.02 Å². The zero-order chi connectivity index (χ0) is 20.3. The summed E-state index contributed by atoms with van der Waals surface area (Å²) < 4.78 is 26.3. The third-order valence-electron chi connectivity index (χ3n) is 3.87. The molecule has 1 heterocycles. The van der Waals surface area contributed by atoms with Gasteiger partial charge in [0.05, 0.1) is 4.90 Å². The molecular weight excluding hydrogens is 402 g/mol. The van der Waals surface area contributed by atoms with Gasteiger partial charge in [-0.2, -0.15) is 5.10 Å². The number of aryl methyl sites for hydroxylation is 1. The second-order valence-corrected chi connectivity index (χ2v) is 8.37. The summed E-state index contributed by atoms with van der Waals surface area (Å²) in [6.07, 6.45) is 0. The zero-order valence-corrected chi connectivity index (χ0v) is 16.4. The van der Waals surface area contributed by atoms with Crippen LogP contribution in [0, 0.1) is 6.92 Å². The molecule has 0 saturated carbocycles. The van der Waals surface area contributed by atoms with E-state index < -0.39 is 27.8 Å². The maximum absolute atomic E-state index is 12.7. The number of hydrogen-bond donors (Lipinski definition) is 1. The van der Waals surface area contributed by atoms with Crippen LogP contribution in [0.1, 0.15) is 5.56 Å². The van der Waals surface area contributed by atoms with Crippen LogP contribution in [0.25, 0.3) is 0 Å². The van der Waals surface area contributed by atoms with E-state index in [2.05, 4.69) is 10.4 Å². The highest BCUT2D eigenvalue weighted by molar-refractivity contribution is 7.91. The Kier molecular flexibility index (Phi) is 5.62. The molecule has 28 heavy (non-hydrogen) atoms. The number of nitrogens with zero attached hydrogens (tertiary/aromatic N) is 2. The van der Waals surface area contributed by atoms with E-state index in [0.717, 1.165) is 22.4 Å². The Balaban J connectivity index is 1.85. The minimum Gasteiger partial charge on any atom is -0.324 e. The van der Waals surface area contributed by atoms with E-state index in [4.69, 9.17) is 11.6 Å². The molecular formula is C19H16ClN3O4S. The van der Waals surface area contributed by atoms with E-state index in [0.29, 0.717) is 10.7 Å². The fourth-order valence-electron chi connectivity index (χ4n) is 2.39. The van der Waals surface area contributed by atoms with Crippen molar-refractivity contribution in [2.45, 2.75) is 23.4 Å². The first-order valence-corrected chi connectivity index (χ1v) is 10.1. The van der Waals surface area contributed by atoms with Gasteiger partial charge in [0.25, 0.3) is 5.56 Å². The Morgan fingerprint density at radius 1 is 1.04 bits per heavy atom. The highest BCUT2D eigenvalue weighted by atomic mass is 35.5. The van der Waals surface area contributed by atoms with Crippen molar-refractivity contribution >= 4 is 33.0 Å². The second kappa shape index (κ2) is 7.95. The summed E-state index contributed by atoms with van der Waals surface area (Å²) in [5, 5.41) is 6.68. The van der Waals surface area contributed by atoms with Crippen LogP contribution in [-0.4, -0.2) is 24.1 Å². The summed E-state index contributed by atoms with van der Waals surface area (Å²) in [5.74, 6) is -0.526. The number of aromatic nitrogens is 2. The highest BCUT2D eigenvalue weighted by Gasteiger charge is 2.21. The lowest BCUT2D eigenvalue weighted by Crippen LogP contribution is -2.30. The number of benzene rings is 2. The molecule has 1 aromatic heterocycles. The molecule has 0 fully saturated rings. The van der Waals surface area contributed by atoms with Crippen molar-refractivity contribution in [3.8, 4) is 0 Å². The Bertz CT molecular complexity index is 1170. The summed E-state index contributed by atoms with van der Waals surface area (Å²) in [4.78, 5) is 24.3. The summed E-state index contributed by atoms with van der Waals surface area (Å²) in [6.45, 7) is 1.41. The van der Waals surface area contributed by atoms with E-state index in [9.17, 15) is 18.0 Å². The monoisotopic (exact) mass is 417 g/mol. The minimum absolute atomic E-state index is 0.0569. The fraction of sp³-hybridized carbons (Fsp3) is 0.105. The molecule has 0 unspecified atom stereocenters. The van der Waals surface area contributed by atoms with Crippen molar-refractivity contribution < 1.29 is 13.2 Å². The number of hydrogen-bond acceptors (Lipinski definition) is 5. The highest BCUT2D eigenvalue weighted by Crippen LogP contribution is 2.18. The third-order valence-corrected chi connectivity index (χ3v) is 5.78. The van der Waals surface area contributed by atoms with Crippen LogP contribution in [0.15, 0.2) is 75.4 Å². The van der Waals surface area contributed by atoms with Gasteiger partial charge in [-0.1, -0.05) is 29.3 Å². The van der Waals surface area contributed by atoms with Crippen LogP contribution in [-0.2, 0) is 21.2 Å². The van der Waals surface area contributed by atoms with Gasteiger partial charge in [0, 0.05) is 16.8 Å². The van der Waals surface area contributed by atoms with Gasteiger partial charge in [-0.3, -0.25) is 9.59 Å². The van der Waals surface area contributed by atoms with Gasteiger partial charge in [0.15, 0.2) is 5.03 Å². The van der Waals surface area contributed by atoms with Crippen molar-refractivity contribution in [1.29, 1.82) is 0 Å². The fourth-order valence-corrected chi connectivity index (χ4v) is 3.71.